The maximum absolute atomic E-state index is 13.9. The van der Waals surface area contributed by atoms with Gasteiger partial charge in [0.1, 0.15) is 17.0 Å². The van der Waals surface area contributed by atoms with Gasteiger partial charge in [0.05, 0.1) is 10.5 Å². The van der Waals surface area contributed by atoms with Gasteiger partial charge in [0.2, 0.25) is 5.95 Å². The van der Waals surface area contributed by atoms with E-state index >= 15 is 0 Å². The van der Waals surface area contributed by atoms with E-state index in [9.17, 15) is 13.2 Å². The Labute approximate surface area is 116 Å². The number of nitrogens with zero attached hydrogens (tertiary/aromatic N) is 2. The highest BCUT2D eigenvalue weighted by Gasteiger charge is 2.19. The second-order valence-corrected chi connectivity index (χ2v) is 4.54. The van der Waals surface area contributed by atoms with Gasteiger partial charge in [0.25, 0.3) is 0 Å². The molecule has 2 aromatic carbocycles. The van der Waals surface area contributed by atoms with Crippen molar-refractivity contribution in [1.29, 1.82) is 0 Å². The number of anilines is 1. The van der Waals surface area contributed by atoms with Crippen LogP contribution in [0.3, 0.4) is 0 Å². The lowest BCUT2D eigenvalue weighted by Crippen LogP contribution is -2.06. The standard InChI is InChI=1S/C13H7ClF3N3/c14-7-2-1-3-10-11(7)19-13(18)20(10)12-8(16)4-6(15)5-9(12)17/h1-5H,(H2,18,19). The van der Waals surface area contributed by atoms with Crippen molar-refractivity contribution in [3.05, 3.63) is 52.8 Å². The molecule has 3 aromatic rings. The van der Waals surface area contributed by atoms with Gasteiger partial charge in [0, 0.05) is 12.1 Å². The number of halogens is 4. The molecular formula is C13H7ClF3N3. The largest absolute Gasteiger partial charge is 0.369 e. The molecule has 0 saturated heterocycles. The van der Waals surface area contributed by atoms with Crippen LogP contribution >= 0.6 is 11.6 Å². The van der Waals surface area contributed by atoms with Crippen LogP contribution in [0.15, 0.2) is 30.3 Å². The summed E-state index contributed by atoms with van der Waals surface area (Å²) in [6, 6.07) is 5.90. The Hall–Kier alpha value is -2.21. The summed E-state index contributed by atoms with van der Waals surface area (Å²) in [5.41, 5.74) is 5.85. The first-order valence-corrected chi connectivity index (χ1v) is 5.94. The second kappa shape index (κ2) is 4.42. The number of aromatic nitrogens is 2. The van der Waals surface area contributed by atoms with Gasteiger partial charge in [-0.15, -0.1) is 0 Å². The summed E-state index contributed by atoms with van der Waals surface area (Å²) in [6.07, 6.45) is 0. The SMILES string of the molecule is Nc1nc2c(Cl)cccc2n1-c1c(F)cc(F)cc1F. The molecule has 0 atom stereocenters. The zero-order valence-electron chi connectivity index (χ0n) is 9.87. The summed E-state index contributed by atoms with van der Waals surface area (Å²) in [5, 5.41) is 0.302. The zero-order chi connectivity index (χ0) is 14.4. The Bertz CT molecular complexity index is 806. The molecule has 102 valence electrons. The molecule has 0 spiro atoms. The van der Waals surface area contributed by atoms with Crippen molar-refractivity contribution in [3.63, 3.8) is 0 Å². The number of hydrogen-bond acceptors (Lipinski definition) is 2. The van der Waals surface area contributed by atoms with Gasteiger partial charge in [-0.25, -0.2) is 18.2 Å². The molecule has 1 heterocycles. The van der Waals surface area contributed by atoms with E-state index in [0.717, 1.165) is 4.57 Å². The van der Waals surface area contributed by atoms with Gasteiger partial charge in [0.15, 0.2) is 11.6 Å². The van der Waals surface area contributed by atoms with E-state index in [4.69, 9.17) is 17.3 Å². The van der Waals surface area contributed by atoms with Crippen LogP contribution < -0.4 is 5.73 Å². The van der Waals surface area contributed by atoms with Crippen LogP contribution in [0.2, 0.25) is 5.02 Å². The molecule has 0 aliphatic carbocycles. The molecule has 0 bridgehead atoms. The third-order valence-corrected chi connectivity index (χ3v) is 3.17. The van der Waals surface area contributed by atoms with Gasteiger partial charge in [-0.3, -0.25) is 4.57 Å². The van der Waals surface area contributed by atoms with E-state index in [1.807, 2.05) is 0 Å². The van der Waals surface area contributed by atoms with Crippen LogP contribution in [0, 0.1) is 17.5 Å². The van der Waals surface area contributed by atoms with E-state index in [1.165, 1.54) is 0 Å². The van der Waals surface area contributed by atoms with Crippen LogP contribution in [-0.2, 0) is 0 Å². The van der Waals surface area contributed by atoms with E-state index in [-0.39, 0.29) is 5.95 Å². The highest BCUT2D eigenvalue weighted by Crippen LogP contribution is 2.30. The van der Waals surface area contributed by atoms with Gasteiger partial charge in [-0.2, -0.15) is 0 Å². The van der Waals surface area contributed by atoms with Crippen LogP contribution in [0.25, 0.3) is 16.7 Å². The maximum atomic E-state index is 13.9. The van der Waals surface area contributed by atoms with Gasteiger partial charge >= 0.3 is 0 Å². The first-order valence-electron chi connectivity index (χ1n) is 5.56. The van der Waals surface area contributed by atoms with Crippen molar-refractivity contribution < 1.29 is 13.2 Å². The molecule has 0 fully saturated rings. The lowest BCUT2D eigenvalue weighted by atomic mass is 10.2. The second-order valence-electron chi connectivity index (χ2n) is 4.13. The number of para-hydroxylation sites is 1. The Morgan fingerprint density at radius 3 is 2.40 bits per heavy atom. The summed E-state index contributed by atoms with van der Waals surface area (Å²) in [7, 11) is 0. The quantitative estimate of drug-likeness (QED) is 0.744. The van der Waals surface area contributed by atoms with Gasteiger partial charge < -0.3 is 5.73 Å². The molecule has 1 aromatic heterocycles. The van der Waals surface area contributed by atoms with Crippen LogP contribution in [0.1, 0.15) is 0 Å². The van der Waals surface area contributed by atoms with E-state index in [2.05, 4.69) is 4.98 Å². The number of hydrogen-bond donors (Lipinski definition) is 1. The number of rotatable bonds is 1. The molecule has 7 heteroatoms. The monoisotopic (exact) mass is 297 g/mol. The van der Waals surface area contributed by atoms with Crippen molar-refractivity contribution in [2.45, 2.75) is 0 Å². The highest BCUT2D eigenvalue weighted by molar-refractivity contribution is 6.35. The number of imidazole rings is 1. The molecule has 0 radical (unpaired) electrons. The molecule has 20 heavy (non-hydrogen) atoms. The Morgan fingerprint density at radius 2 is 1.75 bits per heavy atom. The fourth-order valence-corrected chi connectivity index (χ4v) is 2.28. The van der Waals surface area contributed by atoms with Crippen molar-refractivity contribution in [2.75, 3.05) is 5.73 Å². The maximum Gasteiger partial charge on any atom is 0.206 e. The molecule has 3 nitrogen and oxygen atoms in total. The molecule has 0 saturated carbocycles. The average molecular weight is 298 g/mol. The fourth-order valence-electron chi connectivity index (χ4n) is 2.07. The first-order chi connectivity index (χ1) is 9.49. The minimum Gasteiger partial charge on any atom is -0.369 e. The molecule has 2 N–H and O–H groups in total. The zero-order valence-corrected chi connectivity index (χ0v) is 10.6. The van der Waals surface area contributed by atoms with Gasteiger partial charge in [-0.05, 0) is 12.1 Å². The number of fused-ring (bicyclic) bond motifs is 1. The number of benzene rings is 2. The van der Waals surface area contributed by atoms with Gasteiger partial charge in [-0.1, -0.05) is 17.7 Å². The van der Waals surface area contributed by atoms with Crippen LogP contribution in [-0.4, -0.2) is 9.55 Å². The predicted molar refractivity (Wildman–Crippen MR) is 70.4 cm³/mol. The molecule has 0 unspecified atom stereocenters. The van der Waals surface area contributed by atoms with E-state index < -0.39 is 23.1 Å². The van der Waals surface area contributed by atoms with E-state index in [0.29, 0.717) is 28.2 Å². The Kier molecular flexibility index (Phi) is 2.83. The third-order valence-electron chi connectivity index (χ3n) is 2.87. The fraction of sp³-hybridized carbons (Fsp3) is 0. The van der Waals surface area contributed by atoms with Crippen molar-refractivity contribution in [1.82, 2.24) is 9.55 Å². The predicted octanol–water partition coefficient (Wildman–Crippen LogP) is 3.68. The molecule has 0 aliphatic rings. The summed E-state index contributed by atoms with van der Waals surface area (Å²) in [4.78, 5) is 3.98. The van der Waals surface area contributed by atoms with E-state index in [1.54, 1.807) is 18.2 Å². The number of nitrogen functional groups attached to an aromatic ring is 1. The highest BCUT2D eigenvalue weighted by atomic mass is 35.5. The summed E-state index contributed by atoms with van der Waals surface area (Å²) in [5.74, 6) is -3.30. The molecule has 0 aliphatic heterocycles. The minimum atomic E-state index is -1.08. The van der Waals surface area contributed by atoms with Crippen LogP contribution in [0.5, 0.6) is 0 Å². The Morgan fingerprint density at radius 1 is 1.10 bits per heavy atom. The number of nitrogens with two attached hydrogens (primary N) is 1. The molecule has 3 rings (SSSR count). The van der Waals surface area contributed by atoms with Crippen molar-refractivity contribution in [3.8, 4) is 5.69 Å². The molecule has 0 amide bonds. The minimum absolute atomic E-state index is 0.141. The van der Waals surface area contributed by atoms with Crippen LogP contribution in [0.4, 0.5) is 19.1 Å². The summed E-state index contributed by atoms with van der Waals surface area (Å²) >= 11 is 5.96. The average Bonchev–Trinajstić information content (AvgIpc) is 2.67. The van der Waals surface area contributed by atoms with Crippen molar-refractivity contribution >= 4 is 28.6 Å². The summed E-state index contributed by atoms with van der Waals surface area (Å²) < 4.78 is 41.8. The normalized spacial score (nSPS) is 11.2. The molecular weight excluding hydrogens is 291 g/mol. The summed E-state index contributed by atoms with van der Waals surface area (Å²) in [6.45, 7) is 0. The lowest BCUT2D eigenvalue weighted by molar-refractivity contribution is 0.536. The van der Waals surface area contributed by atoms with Crippen molar-refractivity contribution in [2.24, 2.45) is 0 Å². The Balaban J connectivity index is 2.42. The smallest absolute Gasteiger partial charge is 0.206 e. The third kappa shape index (κ3) is 1.80. The topological polar surface area (TPSA) is 43.8 Å². The lowest BCUT2D eigenvalue weighted by Gasteiger charge is -2.09. The first kappa shape index (κ1) is 12.8.